The number of nitrogens with zero attached hydrogens (tertiary/aromatic N) is 1. The molecule has 1 heterocycles. The average Bonchev–Trinajstić information content (AvgIpc) is 2.87. The lowest BCUT2D eigenvalue weighted by atomic mass is 9.92. The van der Waals surface area contributed by atoms with E-state index in [4.69, 9.17) is 16.6 Å². The zero-order chi connectivity index (χ0) is 26.7. The van der Waals surface area contributed by atoms with Crippen molar-refractivity contribution in [2.75, 3.05) is 6.54 Å². The maximum atomic E-state index is 14.7. The first kappa shape index (κ1) is 26.7. The summed E-state index contributed by atoms with van der Waals surface area (Å²) in [7, 11) is 0. The number of amides is 1. The molecule has 0 fully saturated rings. The van der Waals surface area contributed by atoms with Crippen LogP contribution in [0.15, 0.2) is 65.1 Å². The normalized spacial score (nSPS) is 11.9. The van der Waals surface area contributed by atoms with E-state index in [-0.39, 0.29) is 24.9 Å². The predicted molar refractivity (Wildman–Crippen MR) is 143 cm³/mol. The molecule has 0 aliphatic heterocycles. The van der Waals surface area contributed by atoms with Crippen LogP contribution in [0.25, 0.3) is 22.2 Å². The van der Waals surface area contributed by atoms with Gasteiger partial charge in [-0.3, -0.25) is 9.59 Å². The first-order valence-electron chi connectivity index (χ1n) is 11.5. The maximum Gasteiger partial charge on any atom is 0.303 e. The molecule has 2 N–H and O–H groups in total. The molecule has 0 aliphatic carbocycles. The smallest absolute Gasteiger partial charge is 0.303 e. The van der Waals surface area contributed by atoms with Gasteiger partial charge in [-0.25, -0.2) is 13.8 Å². The van der Waals surface area contributed by atoms with Crippen molar-refractivity contribution in [2.24, 2.45) is 0 Å². The van der Waals surface area contributed by atoms with Gasteiger partial charge in [0.1, 0.15) is 11.6 Å². The highest BCUT2D eigenvalue weighted by Crippen LogP contribution is 2.34. The number of carbonyl (C=O) groups is 2. The Balaban J connectivity index is 1.74. The second kappa shape index (κ2) is 11.4. The molecule has 0 bridgehead atoms. The summed E-state index contributed by atoms with van der Waals surface area (Å²) in [5.74, 6) is -4.00. The number of rotatable bonds is 8. The van der Waals surface area contributed by atoms with Gasteiger partial charge in [0.05, 0.1) is 21.8 Å². The van der Waals surface area contributed by atoms with Crippen molar-refractivity contribution in [1.82, 2.24) is 10.3 Å². The minimum Gasteiger partial charge on any atom is -0.481 e. The summed E-state index contributed by atoms with van der Waals surface area (Å²) < 4.78 is 29.6. The van der Waals surface area contributed by atoms with E-state index in [1.807, 2.05) is 36.4 Å². The van der Waals surface area contributed by atoms with Gasteiger partial charge in [-0.1, -0.05) is 57.9 Å². The van der Waals surface area contributed by atoms with E-state index < -0.39 is 34.5 Å². The topological polar surface area (TPSA) is 79.3 Å². The van der Waals surface area contributed by atoms with Crippen LogP contribution in [0.3, 0.4) is 0 Å². The third-order valence-corrected chi connectivity index (χ3v) is 7.05. The van der Waals surface area contributed by atoms with Crippen LogP contribution in [0.4, 0.5) is 8.78 Å². The molecule has 4 aromatic rings. The Hall–Kier alpha value is -3.36. The zero-order valence-corrected chi connectivity index (χ0v) is 22.0. The van der Waals surface area contributed by atoms with Crippen LogP contribution in [0.1, 0.15) is 40.2 Å². The van der Waals surface area contributed by atoms with Crippen LogP contribution in [-0.4, -0.2) is 28.5 Å². The van der Waals surface area contributed by atoms with E-state index >= 15 is 0 Å². The quantitative estimate of drug-likeness (QED) is 0.212. The van der Waals surface area contributed by atoms with E-state index in [0.29, 0.717) is 27.7 Å². The van der Waals surface area contributed by atoms with Gasteiger partial charge in [0.2, 0.25) is 0 Å². The maximum absolute atomic E-state index is 14.7. The molecule has 0 saturated heterocycles. The molecular weight excluding hydrogens is 566 g/mol. The average molecular weight is 588 g/mol. The fourth-order valence-corrected chi connectivity index (χ4v) is 5.04. The predicted octanol–water partition coefficient (Wildman–Crippen LogP) is 7.28. The molecule has 1 atom stereocenters. The number of aliphatic carboxylic acids is 1. The number of pyridine rings is 1. The molecule has 0 spiro atoms. The molecule has 1 aromatic heterocycles. The van der Waals surface area contributed by atoms with Crippen molar-refractivity contribution < 1.29 is 23.5 Å². The minimum absolute atomic E-state index is 0.0490. The molecule has 1 amide bonds. The molecule has 5 nitrogen and oxygen atoms in total. The molecule has 0 unspecified atom stereocenters. The SMILES string of the molecule is Cc1c(-c2ccccc2)nc2ccc(Br)cc2c1C(=O)NC[C@@H](CCC(=O)O)c1c(F)ccc(F)c1Cl. The van der Waals surface area contributed by atoms with E-state index in [1.165, 1.54) is 0 Å². The Labute approximate surface area is 225 Å². The highest BCUT2D eigenvalue weighted by atomic mass is 79.9. The molecule has 9 heteroatoms. The zero-order valence-electron chi connectivity index (χ0n) is 19.7. The number of benzene rings is 3. The number of aromatic nitrogens is 1. The van der Waals surface area contributed by atoms with Crippen LogP contribution >= 0.6 is 27.5 Å². The third kappa shape index (κ3) is 5.81. The Bertz CT molecular complexity index is 1500. The number of hydrogen-bond donors (Lipinski definition) is 2. The second-order valence-electron chi connectivity index (χ2n) is 8.58. The van der Waals surface area contributed by atoms with E-state index in [1.54, 1.807) is 19.1 Å². The van der Waals surface area contributed by atoms with E-state index in [0.717, 1.165) is 22.2 Å². The first-order valence-corrected chi connectivity index (χ1v) is 12.6. The van der Waals surface area contributed by atoms with E-state index in [2.05, 4.69) is 21.2 Å². The molecule has 37 heavy (non-hydrogen) atoms. The number of fused-ring (bicyclic) bond motifs is 1. The standard InChI is InChI=1S/C28H22BrClF2N2O3/c1-15-24(19-13-18(29)8-11-22(19)34-27(15)16-5-3-2-4-6-16)28(37)33-14-17(7-12-23(35)36)25-20(31)9-10-21(32)26(25)30/h2-6,8-11,13,17H,7,12,14H2,1H3,(H,33,37)(H,35,36)/t17-/m1/s1. The largest absolute Gasteiger partial charge is 0.481 e. The van der Waals surface area contributed by atoms with Crippen molar-refractivity contribution in [3.8, 4) is 11.3 Å². The van der Waals surface area contributed by atoms with Crippen molar-refractivity contribution in [3.05, 3.63) is 98.5 Å². The summed E-state index contributed by atoms with van der Waals surface area (Å²) in [6.45, 7) is 1.65. The molecular formula is C28H22BrClF2N2O3. The van der Waals surface area contributed by atoms with Crippen LogP contribution < -0.4 is 5.32 Å². The van der Waals surface area contributed by atoms with Crippen molar-refractivity contribution >= 4 is 50.3 Å². The number of halogens is 4. The molecule has 0 radical (unpaired) electrons. The van der Waals surface area contributed by atoms with Crippen LogP contribution in [0.2, 0.25) is 5.02 Å². The van der Waals surface area contributed by atoms with Gasteiger partial charge in [-0.15, -0.1) is 0 Å². The van der Waals surface area contributed by atoms with Gasteiger partial charge in [0.15, 0.2) is 0 Å². The van der Waals surface area contributed by atoms with Gasteiger partial charge in [0, 0.05) is 39.9 Å². The number of carbonyl (C=O) groups excluding carboxylic acids is 1. The number of carboxylic acid groups (broad SMARTS) is 1. The van der Waals surface area contributed by atoms with Crippen LogP contribution in [0, 0.1) is 18.6 Å². The number of nitrogens with one attached hydrogen (secondary N) is 1. The lowest BCUT2D eigenvalue weighted by Gasteiger charge is -2.21. The van der Waals surface area contributed by atoms with Gasteiger partial charge in [0.25, 0.3) is 5.91 Å². The summed E-state index contributed by atoms with van der Waals surface area (Å²) >= 11 is 9.51. The molecule has 3 aromatic carbocycles. The van der Waals surface area contributed by atoms with Gasteiger partial charge in [-0.05, 0) is 49.2 Å². The Morgan fingerprint density at radius 1 is 1.08 bits per heavy atom. The summed E-state index contributed by atoms with van der Waals surface area (Å²) in [4.78, 5) is 29.6. The monoisotopic (exact) mass is 586 g/mol. The minimum atomic E-state index is -1.10. The van der Waals surface area contributed by atoms with Crippen LogP contribution in [0.5, 0.6) is 0 Å². The molecule has 0 saturated carbocycles. The number of carboxylic acids is 1. The highest BCUT2D eigenvalue weighted by Gasteiger charge is 2.25. The summed E-state index contributed by atoms with van der Waals surface area (Å²) in [5, 5.41) is 12.2. The lowest BCUT2D eigenvalue weighted by molar-refractivity contribution is -0.137. The van der Waals surface area contributed by atoms with Crippen molar-refractivity contribution in [2.45, 2.75) is 25.7 Å². The molecule has 0 aliphatic rings. The third-order valence-electron chi connectivity index (χ3n) is 6.17. The Morgan fingerprint density at radius 2 is 1.78 bits per heavy atom. The van der Waals surface area contributed by atoms with Gasteiger partial charge < -0.3 is 10.4 Å². The summed E-state index contributed by atoms with van der Waals surface area (Å²) in [6, 6.07) is 16.7. The molecule has 190 valence electrons. The van der Waals surface area contributed by atoms with Gasteiger partial charge in [-0.2, -0.15) is 0 Å². The summed E-state index contributed by atoms with van der Waals surface area (Å²) in [5.41, 5.74) is 2.96. The lowest BCUT2D eigenvalue weighted by Crippen LogP contribution is -2.30. The van der Waals surface area contributed by atoms with Crippen LogP contribution in [-0.2, 0) is 4.79 Å². The Morgan fingerprint density at radius 3 is 2.49 bits per heavy atom. The van der Waals surface area contributed by atoms with Crippen molar-refractivity contribution in [1.29, 1.82) is 0 Å². The second-order valence-corrected chi connectivity index (χ2v) is 9.88. The Kier molecular flexibility index (Phi) is 8.19. The van der Waals surface area contributed by atoms with Crippen molar-refractivity contribution in [3.63, 3.8) is 0 Å². The van der Waals surface area contributed by atoms with E-state index in [9.17, 15) is 23.5 Å². The summed E-state index contributed by atoms with van der Waals surface area (Å²) in [6.07, 6.45) is -0.359. The fraction of sp³-hybridized carbons (Fsp3) is 0.179. The number of hydrogen-bond acceptors (Lipinski definition) is 3. The fourth-order valence-electron chi connectivity index (χ4n) is 4.37. The molecule has 4 rings (SSSR count). The first-order chi connectivity index (χ1) is 17.7. The van der Waals surface area contributed by atoms with Gasteiger partial charge >= 0.3 is 5.97 Å². The highest BCUT2D eigenvalue weighted by molar-refractivity contribution is 9.10.